The molecule has 5 rings (SSSR count). The lowest BCUT2D eigenvalue weighted by Crippen LogP contribution is -2.48. The minimum atomic E-state index is -0.291. The van der Waals surface area contributed by atoms with Crippen molar-refractivity contribution in [1.82, 2.24) is 19.9 Å². The SMILES string of the molecule is O=C(c1ccccc1OCc1ccc(F)cc1)N1CCN(Cc2nc(-c3cccs3)no2)CC1. The third-order valence-corrected chi connectivity index (χ3v) is 6.52. The molecule has 0 unspecified atom stereocenters. The summed E-state index contributed by atoms with van der Waals surface area (Å²) in [7, 11) is 0. The summed E-state index contributed by atoms with van der Waals surface area (Å²) < 4.78 is 24.4. The van der Waals surface area contributed by atoms with Crippen LogP contribution in [0.3, 0.4) is 0 Å². The molecular weight excluding hydrogens is 455 g/mol. The minimum absolute atomic E-state index is 0.0628. The van der Waals surface area contributed by atoms with Crippen LogP contribution >= 0.6 is 11.3 Å². The van der Waals surface area contributed by atoms with Gasteiger partial charge < -0.3 is 14.2 Å². The summed E-state index contributed by atoms with van der Waals surface area (Å²) in [6.07, 6.45) is 0. The quantitative estimate of drug-likeness (QED) is 0.390. The number of aromatic nitrogens is 2. The van der Waals surface area contributed by atoms with Crippen LogP contribution in [0.1, 0.15) is 21.8 Å². The maximum absolute atomic E-state index is 13.2. The molecule has 0 radical (unpaired) electrons. The number of nitrogens with zero attached hydrogens (tertiary/aromatic N) is 4. The summed E-state index contributed by atoms with van der Waals surface area (Å²) in [5.74, 6) is 1.35. The highest BCUT2D eigenvalue weighted by Crippen LogP contribution is 2.24. The van der Waals surface area contributed by atoms with Gasteiger partial charge in [-0.25, -0.2) is 4.39 Å². The highest BCUT2D eigenvalue weighted by Gasteiger charge is 2.25. The van der Waals surface area contributed by atoms with Crippen LogP contribution in [0.5, 0.6) is 5.75 Å². The van der Waals surface area contributed by atoms with Crippen LogP contribution < -0.4 is 4.74 Å². The maximum Gasteiger partial charge on any atom is 0.257 e. The maximum atomic E-state index is 13.2. The second kappa shape index (κ2) is 10.1. The van der Waals surface area contributed by atoms with E-state index in [1.807, 2.05) is 34.5 Å². The standard InChI is InChI=1S/C25H23FN4O3S/c26-19-9-7-18(8-10-19)17-32-21-5-2-1-4-20(21)25(31)30-13-11-29(12-14-30)16-23-27-24(28-33-23)22-6-3-15-34-22/h1-10,15H,11-14,16-17H2. The van der Waals surface area contributed by atoms with E-state index in [0.29, 0.717) is 55.8 Å². The Bertz CT molecular complexity index is 1240. The summed E-state index contributed by atoms with van der Waals surface area (Å²) in [4.78, 5) is 22.7. The summed E-state index contributed by atoms with van der Waals surface area (Å²) >= 11 is 1.57. The monoisotopic (exact) mass is 478 g/mol. The van der Waals surface area contributed by atoms with Gasteiger partial charge in [-0.1, -0.05) is 35.5 Å². The zero-order chi connectivity index (χ0) is 23.3. The van der Waals surface area contributed by atoms with E-state index in [1.165, 1.54) is 12.1 Å². The van der Waals surface area contributed by atoms with Crippen molar-refractivity contribution in [3.8, 4) is 16.5 Å². The first kappa shape index (κ1) is 22.2. The second-order valence-electron chi connectivity index (χ2n) is 7.97. The van der Waals surface area contributed by atoms with Crippen molar-refractivity contribution >= 4 is 17.2 Å². The Hall–Kier alpha value is -3.56. The molecule has 1 fully saturated rings. The lowest BCUT2D eigenvalue weighted by Gasteiger charge is -2.34. The molecule has 2 aromatic heterocycles. The fraction of sp³-hybridized carbons (Fsp3) is 0.240. The van der Waals surface area contributed by atoms with E-state index >= 15 is 0 Å². The fourth-order valence-corrected chi connectivity index (χ4v) is 4.46. The number of rotatable bonds is 7. The Kier molecular flexibility index (Phi) is 6.64. The number of carbonyl (C=O) groups excluding carboxylic acids is 1. The zero-order valence-electron chi connectivity index (χ0n) is 18.4. The number of benzene rings is 2. The highest BCUT2D eigenvalue weighted by molar-refractivity contribution is 7.13. The molecule has 1 aliphatic heterocycles. The molecular formula is C25H23FN4O3S. The fourth-order valence-electron chi connectivity index (χ4n) is 3.81. The molecule has 0 spiro atoms. The van der Waals surface area contributed by atoms with Gasteiger partial charge in [0.1, 0.15) is 18.2 Å². The van der Waals surface area contributed by atoms with Crippen LogP contribution in [0.2, 0.25) is 0 Å². The first-order chi connectivity index (χ1) is 16.7. The molecule has 34 heavy (non-hydrogen) atoms. The summed E-state index contributed by atoms with van der Waals surface area (Å²) in [6, 6.07) is 17.3. The number of amides is 1. The molecule has 0 saturated carbocycles. The van der Waals surface area contributed by atoms with E-state index < -0.39 is 0 Å². The molecule has 1 aliphatic rings. The van der Waals surface area contributed by atoms with E-state index in [1.54, 1.807) is 35.6 Å². The van der Waals surface area contributed by atoms with Crippen LogP contribution in [0.4, 0.5) is 4.39 Å². The third-order valence-electron chi connectivity index (χ3n) is 5.65. The average Bonchev–Trinajstić information content (AvgIpc) is 3.56. The molecule has 1 saturated heterocycles. The Morgan fingerprint density at radius 3 is 2.59 bits per heavy atom. The summed E-state index contributed by atoms with van der Waals surface area (Å²) in [5, 5.41) is 6.04. The molecule has 0 aliphatic carbocycles. The van der Waals surface area contributed by atoms with Crippen LogP contribution in [0.15, 0.2) is 70.6 Å². The number of thiophene rings is 1. The lowest BCUT2D eigenvalue weighted by molar-refractivity contribution is 0.0610. The molecule has 174 valence electrons. The van der Waals surface area contributed by atoms with Crippen LogP contribution in [-0.2, 0) is 13.2 Å². The van der Waals surface area contributed by atoms with Crippen molar-refractivity contribution in [2.24, 2.45) is 0 Å². The van der Waals surface area contributed by atoms with Gasteiger partial charge in [0.2, 0.25) is 11.7 Å². The number of hydrogen-bond acceptors (Lipinski definition) is 7. The van der Waals surface area contributed by atoms with E-state index in [9.17, 15) is 9.18 Å². The number of carbonyl (C=O) groups is 1. The Morgan fingerprint density at radius 2 is 1.82 bits per heavy atom. The van der Waals surface area contributed by atoms with Crippen molar-refractivity contribution in [2.75, 3.05) is 26.2 Å². The minimum Gasteiger partial charge on any atom is -0.488 e. The first-order valence-corrected chi connectivity index (χ1v) is 11.9. The van der Waals surface area contributed by atoms with Crippen LogP contribution in [0, 0.1) is 5.82 Å². The molecule has 0 N–H and O–H groups in total. The van der Waals surface area contributed by atoms with Crippen molar-refractivity contribution in [2.45, 2.75) is 13.2 Å². The molecule has 1 amide bonds. The molecule has 2 aromatic carbocycles. The topological polar surface area (TPSA) is 71.7 Å². The highest BCUT2D eigenvalue weighted by atomic mass is 32.1. The lowest BCUT2D eigenvalue weighted by atomic mass is 10.1. The number of piperazine rings is 1. The van der Waals surface area contributed by atoms with Gasteiger partial charge in [0.25, 0.3) is 5.91 Å². The number of para-hydroxylation sites is 1. The van der Waals surface area contributed by atoms with E-state index in [2.05, 4.69) is 15.0 Å². The van der Waals surface area contributed by atoms with Gasteiger partial charge in [-0.05, 0) is 41.3 Å². The molecule has 0 bridgehead atoms. The molecule has 3 heterocycles. The zero-order valence-corrected chi connectivity index (χ0v) is 19.2. The second-order valence-corrected chi connectivity index (χ2v) is 8.92. The first-order valence-electron chi connectivity index (χ1n) is 11.0. The third kappa shape index (κ3) is 5.16. The van der Waals surface area contributed by atoms with Crippen molar-refractivity contribution in [3.05, 3.63) is 88.9 Å². The summed E-state index contributed by atoms with van der Waals surface area (Å²) in [5.41, 5.74) is 1.36. The van der Waals surface area contributed by atoms with E-state index in [0.717, 1.165) is 10.4 Å². The van der Waals surface area contributed by atoms with Crippen molar-refractivity contribution in [1.29, 1.82) is 0 Å². The van der Waals surface area contributed by atoms with Gasteiger partial charge in [0.05, 0.1) is 17.0 Å². The Labute approximate surface area is 200 Å². The predicted molar refractivity (Wildman–Crippen MR) is 126 cm³/mol. The molecule has 7 nitrogen and oxygen atoms in total. The normalized spacial score (nSPS) is 14.3. The van der Waals surface area contributed by atoms with E-state index in [-0.39, 0.29) is 18.3 Å². The van der Waals surface area contributed by atoms with Gasteiger partial charge in [-0.2, -0.15) is 4.98 Å². The van der Waals surface area contributed by atoms with Gasteiger partial charge in [-0.15, -0.1) is 11.3 Å². The predicted octanol–water partition coefficient (Wildman–Crippen LogP) is 4.47. The Morgan fingerprint density at radius 1 is 1.03 bits per heavy atom. The smallest absolute Gasteiger partial charge is 0.257 e. The largest absolute Gasteiger partial charge is 0.488 e. The molecule has 9 heteroatoms. The van der Waals surface area contributed by atoms with Gasteiger partial charge in [0.15, 0.2) is 0 Å². The summed E-state index contributed by atoms with van der Waals surface area (Å²) in [6.45, 7) is 3.42. The van der Waals surface area contributed by atoms with Crippen molar-refractivity contribution < 1.29 is 18.4 Å². The van der Waals surface area contributed by atoms with Crippen LogP contribution in [-0.4, -0.2) is 52.0 Å². The average molecular weight is 479 g/mol. The van der Waals surface area contributed by atoms with Gasteiger partial charge >= 0.3 is 0 Å². The van der Waals surface area contributed by atoms with E-state index in [4.69, 9.17) is 9.26 Å². The molecule has 4 aromatic rings. The molecule has 0 atom stereocenters. The number of ether oxygens (including phenoxy) is 1. The number of hydrogen-bond donors (Lipinski definition) is 0. The van der Waals surface area contributed by atoms with Gasteiger partial charge in [-0.3, -0.25) is 9.69 Å². The Balaban J connectivity index is 1.17. The van der Waals surface area contributed by atoms with Crippen molar-refractivity contribution in [3.63, 3.8) is 0 Å². The van der Waals surface area contributed by atoms with Gasteiger partial charge in [0, 0.05) is 26.2 Å². The van der Waals surface area contributed by atoms with Crippen LogP contribution in [0.25, 0.3) is 10.7 Å². The number of halogens is 1.